The lowest BCUT2D eigenvalue weighted by atomic mass is 10.0. The van der Waals surface area contributed by atoms with Gasteiger partial charge in [-0.2, -0.15) is 0 Å². The van der Waals surface area contributed by atoms with Crippen molar-refractivity contribution in [2.75, 3.05) is 20.3 Å². The summed E-state index contributed by atoms with van der Waals surface area (Å²) in [4.78, 5) is 29.4. The van der Waals surface area contributed by atoms with Gasteiger partial charge in [-0.1, -0.05) is 65.9 Å². The van der Waals surface area contributed by atoms with Crippen molar-refractivity contribution in [1.82, 2.24) is 25.2 Å². The zero-order valence-corrected chi connectivity index (χ0v) is 21.3. The van der Waals surface area contributed by atoms with Crippen LogP contribution in [0.5, 0.6) is 5.75 Å². The van der Waals surface area contributed by atoms with Crippen LogP contribution >= 0.6 is 0 Å². The number of hydrogen-bond donors (Lipinski definition) is 1. The maximum Gasteiger partial charge on any atom is 0.247 e. The summed E-state index contributed by atoms with van der Waals surface area (Å²) < 4.78 is 12.8. The predicted molar refractivity (Wildman–Crippen MR) is 142 cm³/mol. The Morgan fingerprint density at radius 3 is 2.63 bits per heavy atom. The topological polar surface area (TPSA) is 98.6 Å². The average Bonchev–Trinajstić information content (AvgIpc) is 3.63. The normalized spacial score (nSPS) is 15.8. The molecule has 1 saturated heterocycles. The molecule has 9 heteroatoms. The van der Waals surface area contributed by atoms with E-state index in [0.29, 0.717) is 30.0 Å². The predicted octanol–water partition coefficient (Wildman–Crippen LogP) is 3.51. The number of methoxy groups -OCH3 is 1. The van der Waals surface area contributed by atoms with E-state index in [1.165, 1.54) is 0 Å². The van der Waals surface area contributed by atoms with Crippen LogP contribution < -0.4 is 10.1 Å². The van der Waals surface area contributed by atoms with Crippen molar-refractivity contribution in [2.24, 2.45) is 0 Å². The number of benzene rings is 3. The monoisotopic (exact) mass is 513 g/mol. The van der Waals surface area contributed by atoms with Crippen LogP contribution in [0.15, 0.2) is 78.9 Å². The third-order valence-electron chi connectivity index (χ3n) is 6.76. The van der Waals surface area contributed by atoms with E-state index in [2.05, 4.69) is 15.6 Å². The molecule has 0 spiro atoms. The molecule has 38 heavy (non-hydrogen) atoms. The number of amides is 2. The fourth-order valence-corrected chi connectivity index (χ4v) is 4.82. The van der Waals surface area contributed by atoms with Gasteiger partial charge in [-0.05, 0) is 36.6 Å². The minimum Gasteiger partial charge on any atom is -0.496 e. The van der Waals surface area contributed by atoms with Crippen LogP contribution in [0.25, 0.3) is 11.0 Å². The zero-order chi connectivity index (χ0) is 26.3. The first-order chi connectivity index (χ1) is 18.6. The Balaban J connectivity index is 1.50. The third-order valence-corrected chi connectivity index (χ3v) is 6.76. The highest BCUT2D eigenvalue weighted by Crippen LogP contribution is 2.28. The molecule has 1 aliphatic rings. The first-order valence-corrected chi connectivity index (χ1v) is 12.8. The molecule has 3 aromatic carbocycles. The summed E-state index contributed by atoms with van der Waals surface area (Å²) in [5.41, 5.74) is 2.95. The average molecular weight is 514 g/mol. The van der Waals surface area contributed by atoms with Gasteiger partial charge in [0, 0.05) is 18.7 Å². The molecule has 196 valence electrons. The van der Waals surface area contributed by atoms with Gasteiger partial charge in [0.25, 0.3) is 0 Å². The quantitative estimate of drug-likeness (QED) is 0.349. The lowest BCUT2D eigenvalue weighted by Gasteiger charge is -2.32. The number of hydrogen-bond acceptors (Lipinski definition) is 6. The van der Waals surface area contributed by atoms with Crippen molar-refractivity contribution in [1.29, 1.82) is 0 Å². The second-order valence-electron chi connectivity index (χ2n) is 9.26. The molecule has 0 unspecified atom stereocenters. The van der Waals surface area contributed by atoms with Crippen molar-refractivity contribution in [3.8, 4) is 5.75 Å². The van der Waals surface area contributed by atoms with E-state index in [0.717, 1.165) is 23.9 Å². The van der Waals surface area contributed by atoms with Crippen molar-refractivity contribution >= 4 is 22.8 Å². The van der Waals surface area contributed by atoms with Gasteiger partial charge in [0.05, 0.1) is 25.3 Å². The number of nitrogens with one attached hydrogen (secondary N) is 1. The van der Waals surface area contributed by atoms with Gasteiger partial charge in [0.2, 0.25) is 11.8 Å². The molecule has 0 saturated carbocycles. The minimum atomic E-state index is -0.871. The fraction of sp³-hybridized carbons (Fsp3) is 0.310. The highest BCUT2D eigenvalue weighted by atomic mass is 16.5. The van der Waals surface area contributed by atoms with Crippen LogP contribution in [0.1, 0.15) is 30.0 Å². The number of aromatic nitrogens is 3. The molecule has 0 bridgehead atoms. The summed E-state index contributed by atoms with van der Waals surface area (Å²) >= 11 is 0. The second kappa shape index (κ2) is 11.9. The number of ether oxygens (including phenoxy) is 2. The fourth-order valence-electron chi connectivity index (χ4n) is 4.82. The van der Waals surface area contributed by atoms with E-state index in [-0.39, 0.29) is 31.0 Å². The second-order valence-corrected chi connectivity index (χ2v) is 9.26. The van der Waals surface area contributed by atoms with E-state index in [1.54, 1.807) is 16.7 Å². The van der Waals surface area contributed by atoms with Gasteiger partial charge < -0.3 is 19.7 Å². The van der Waals surface area contributed by atoms with E-state index >= 15 is 0 Å². The van der Waals surface area contributed by atoms with Crippen molar-refractivity contribution in [3.63, 3.8) is 0 Å². The van der Waals surface area contributed by atoms with Crippen LogP contribution in [-0.4, -0.2) is 58.1 Å². The van der Waals surface area contributed by atoms with Crippen LogP contribution in [0.4, 0.5) is 0 Å². The van der Waals surface area contributed by atoms with E-state index < -0.39 is 6.04 Å². The first kappa shape index (κ1) is 25.4. The molecule has 0 radical (unpaired) electrons. The number of fused-ring (bicyclic) bond motifs is 1. The summed E-state index contributed by atoms with van der Waals surface area (Å²) in [5.74, 6) is 0.106. The van der Waals surface area contributed by atoms with Gasteiger partial charge in [0.1, 0.15) is 23.9 Å². The third kappa shape index (κ3) is 5.68. The smallest absolute Gasteiger partial charge is 0.247 e. The standard InChI is InChI=1S/C29H31N5O4/c1-37-26-16-8-5-12-22(26)19-33(27(35)20-34-25-15-7-6-14-24(25)31-32-34)28(21-10-3-2-4-11-21)29(36)30-18-23-13-9-17-38-23/h2-8,10-12,14-16,23,28H,9,13,17-20H2,1H3,(H,30,36)/t23-,28-/m1/s1. The van der Waals surface area contributed by atoms with Crippen molar-refractivity contribution < 1.29 is 19.1 Å². The Morgan fingerprint density at radius 2 is 1.84 bits per heavy atom. The Kier molecular flexibility index (Phi) is 7.94. The molecule has 1 N–H and O–H groups in total. The minimum absolute atomic E-state index is 0.0183. The molecular formula is C29H31N5O4. The van der Waals surface area contributed by atoms with Crippen LogP contribution in [0.2, 0.25) is 0 Å². The number of carbonyl (C=O) groups is 2. The summed E-state index contributed by atoms with van der Waals surface area (Å²) in [6, 6.07) is 23.5. The number of nitrogens with zero attached hydrogens (tertiary/aromatic N) is 4. The van der Waals surface area contributed by atoms with Gasteiger partial charge in [0.15, 0.2) is 0 Å². The van der Waals surface area contributed by atoms with E-state index in [4.69, 9.17) is 9.47 Å². The number of carbonyl (C=O) groups excluding carboxylic acids is 2. The SMILES string of the molecule is COc1ccccc1CN(C(=O)Cn1nnc2ccccc21)[C@@H](C(=O)NC[C@H]1CCCO1)c1ccccc1. The van der Waals surface area contributed by atoms with Crippen molar-refractivity contribution in [2.45, 2.75) is 38.1 Å². The largest absolute Gasteiger partial charge is 0.496 e. The van der Waals surface area contributed by atoms with Crippen LogP contribution in [0.3, 0.4) is 0 Å². The molecule has 2 atom stereocenters. The lowest BCUT2D eigenvalue weighted by Crippen LogP contribution is -2.46. The highest BCUT2D eigenvalue weighted by Gasteiger charge is 2.33. The van der Waals surface area contributed by atoms with Gasteiger partial charge in [-0.15, -0.1) is 5.10 Å². The van der Waals surface area contributed by atoms with Gasteiger partial charge in [-0.25, -0.2) is 4.68 Å². The molecule has 2 amide bonds. The van der Waals surface area contributed by atoms with Crippen LogP contribution in [-0.2, 0) is 27.4 Å². The summed E-state index contributed by atoms with van der Waals surface area (Å²) in [5, 5.41) is 11.4. The van der Waals surface area contributed by atoms with Crippen molar-refractivity contribution in [3.05, 3.63) is 90.0 Å². The molecule has 0 aliphatic carbocycles. The van der Waals surface area contributed by atoms with Crippen LogP contribution in [0, 0.1) is 0 Å². The van der Waals surface area contributed by atoms with E-state index in [9.17, 15) is 9.59 Å². The maximum absolute atomic E-state index is 14.0. The van der Waals surface area contributed by atoms with Gasteiger partial charge in [-0.3, -0.25) is 9.59 Å². The molecular weight excluding hydrogens is 482 g/mol. The molecule has 5 rings (SSSR count). The summed E-state index contributed by atoms with van der Waals surface area (Å²) in [6.07, 6.45) is 1.86. The molecule has 1 aliphatic heterocycles. The molecule has 4 aromatic rings. The van der Waals surface area contributed by atoms with E-state index in [1.807, 2.05) is 78.9 Å². The highest BCUT2D eigenvalue weighted by molar-refractivity contribution is 5.89. The Hall–Kier alpha value is -4.24. The van der Waals surface area contributed by atoms with Gasteiger partial charge >= 0.3 is 0 Å². The maximum atomic E-state index is 14.0. The summed E-state index contributed by atoms with van der Waals surface area (Å²) in [7, 11) is 1.59. The number of rotatable bonds is 10. The Morgan fingerprint density at radius 1 is 1.08 bits per heavy atom. The molecule has 1 fully saturated rings. The molecule has 1 aromatic heterocycles. The molecule has 2 heterocycles. The molecule has 9 nitrogen and oxygen atoms in total. The summed E-state index contributed by atoms with van der Waals surface area (Å²) in [6.45, 7) is 1.19. The lowest BCUT2D eigenvalue weighted by molar-refractivity contribution is -0.142. The Labute approximate surface area is 221 Å². The Bertz CT molecular complexity index is 1380. The first-order valence-electron chi connectivity index (χ1n) is 12.8. The number of para-hydroxylation sites is 2. The zero-order valence-electron chi connectivity index (χ0n) is 21.3.